The molecule has 5 heterocycles. The number of aryl methyl sites for hydroxylation is 2. The number of piperidine rings is 3. The minimum absolute atomic E-state index is 0.717. The van der Waals surface area contributed by atoms with Crippen molar-refractivity contribution in [2.45, 2.75) is 32.7 Å². The van der Waals surface area contributed by atoms with Crippen molar-refractivity contribution in [2.24, 2.45) is 5.92 Å². The molecule has 0 amide bonds. The van der Waals surface area contributed by atoms with Gasteiger partial charge in [0.1, 0.15) is 11.9 Å². The Hall–Kier alpha value is -1.64. The zero-order chi connectivity index (χ0) is 16.7. The Balaban J connectivity index is 1.45. The van der Waals surface area contributed by atoms with Crippen molar-refractivity contribution in [2.75, 3.05) is 50.7 Å². The molecule has 5 heteroatoms. The number of hydrogen-bond donors (Lipinski definition) is 0. The Labute approximate surface area is 144 Å². The van der Waals surface area contributed by atoms with Gasteiger partial charge < -0.3 is 9.80 Å². The highest BCUT2D eigenvalue weighted by Gasteiger charge is 2.38. The van der Waals surface area contributed by atoms with E-state index in [0.717, 1.165) is 60.8 Å². The van der Waals surface area contributed by atoms with E-state index in [2.05, 4.69) is 20.8 Å². The Bertz CT molecular complexity index is 648. The summed E-state index contributed by atoms with van der Waals surface area (Å²) >= 11 is 0. The number of nitrogens with zero attached hydrogens (tertiary/aromatic N) is 5. The van der Waals surface area contributed by atoms with Crippen LogP contribution in [0.25, 0.3) is 0 Å². The maximum absolute atomic E-state index is 9.46. The molecule has 0 radical (unpaired) electrons. The van der Waals surface area contributed by atoms with Crippen molar-refractivity contribution in [3.8, 4) is 6.07 Å². The van der Waals surface area contributed by atoms with Crippen LogP contribution in [-0.4, -0.2) is 66.6 Å². The lowest BCUT2D eigenvalue weighted by Gasteiger charge is -2.51. The Kier molecular flexibility index (Phi) is 4.19. The van der Waals surface area contributed by atoms with E-state index in [-0.39, 0.29) is 0 Å². The number of fused-ring (bicyclic) bond motifs is 3. The summed E-state index contributed by atoms with van der Waals surface area (Å²) in [7, 11) is 0. The second-order valence-corrected chi connectivity index (χ2v) is 7.60. The minimum atomic E-state index is 0.717. The van der Waals surface area contributed by atoms with E-state index in [1.165, 1.54) is 32.5 Å². The molecule has 4 aliphatic heterocycles. The second-order valence-electron chi connectivity index (χ2n) is 7.60. The van der Waals surface area contributed by atoms with Gasteiger partial charge in [0.15, 0.2) is 0 Å². The van der Waals surface area contributed by atoms with E-state index in [1.54, 1.807) is 0 Å². The van der Waals surface area contributed by atoms with E-state index >= 15 is 0 Å². The summed E-state index contributed by atoms with van der Waals surface area (Å²) in [5, 5.41) is 9.46. The number of piperazine rings is 1. The number of hydrogen-bond acceptors (Lipinski definition) is 5. The quantitative estimate of drug-likeness (QED) is 0.829. The van der Waals surface area contributed by atoms with Gasteiger partial charge in [-0.1, -0.05) is 0 Å². The Morgan fingerprint density at radius 1 is 1.08 bits per heavy atom. The first-order chi connectivity index (χ1) is 11.7. The van der Waals surface area contributed by atoms with Crippen molar-refractivity contribution >= 4 is 5.82 Å². The first-order valence-electron chi connectivity index (χ1n) is 9.25. The molecule has 1 aromatic heterocycles. The van der Waals surface area contributed by atoms with Crippen LogP contribution in [0.3, 0.4) is 0 Å². The van der Waals surface area contributed by atoms with Gasteiger partial charge in [0, 0.05) is 44.5 Å². The summed E-state index contributed by atoms with van der Waals surface area (Å²) in [6, 6.07) is 5.06. The van der Waals surface area contributed by atoms with Crippen LogP contribution in [0.2, 0.25) is 0 Å². The fraction of sp³-hybridized carbons (Fsp3) is 0.684. The van der Waals surface area contributed by atoms with Gasteiger partial charge in [-0.25, -0.2) is 4.98 Å². The summed E-state index contributed by atoms with van der Waals surface area (Å²) in [6.07, 6.45) is 2.75. The normalized spacial score (nSPS) is 30.4. The number of pyridine rings is 1. The summed E-state index contributed by atoms with van der Waals surface area (Å²) in [4.78, 5) is 12.4. The molecule has 4 fully saturated rings. The first-order valence-corrected chi connectivity index (χ1v) is 9.25. The van der Waals surface area contributed by atoms with Crippen LogP contribution < -0.4 is 4.90 Å². The van der Waals surface area contributed by atoms with Gasteiger partial charge in [0.25, 0.3) is 0 Å². The molecular weight excluding hydrogens is 298 g/mol. The molecule has 128 valence electrons. The SMILES string of the molecule is Cc1cc(C#N)c(N2CCN(C3CN4CCC3CC4)CC2)nc1C. The molecule has 5 rings (SSSR count). The van der Waals surface area contributed by atoms with Gasteiger partial charge in [-0.2, -0.15) is 5.26 Å². The minimum Gasteiger partial charge on any atom is -0.353 e. The summed E-state index contributed by atoms with van der Waals surface area (Å²) in [6.45, 7) is 12.1. The summed E-state index contributed by atoms with van der Waals surface area (Å²) in [5.74, 6) is 1.78. The van der Waals surface area contributed by atoms with Gasteiger partial charge in [0.2, 0.25) is 0 Å². The lowest BCUT2D eigenvalue weighted by Crippen LogP contribution is -2.61. The topological polar surface area (TPSA) is 46.4 Å². The van der Waals surface area contributed by atoms with Gasteiger partial charge in [-0.3, -0.25) is 4.90 Å². The van der Waals surface area contributed by atoms with E-state index in [9.17, 15) is 5.26 Å². The maximum atomic E-state index is 9.46. The predicted octanol–water partition coefficient (Wildman–Crippen LogP) is 1.79. The first kappa shape index (κ1) is 15.9. The van der Waals surface area contributed by atoms with Crippen molar-refractivity contribution in [1.29, 1.82) is 5.26 Å². The van der Waals surface area contributed by atoms with Gasteiger partial charge >= 0.3 is 0 Å². The fourth-order valence-electron chi connectivity index (χ4n) is 4.63. The van der Waals surface area contributed by atoms with Crippen LogP contribution in [-0.2, 0) is 0 Å². The summed E-state index contributed by atoms with van der Waals surface area (Å²) < 4.78 is 0. The molecule has 2 bridgehead atoms. The van der Waals surface area contributed by atoms with Crippen LogP contribution >= 0.6 is 0 Å². The molecule has 1 unspecified atom stereocenters. The predicted molar refractivity (Wildman–Crippen MR) is 95.2 cm³/mol. The van der Waals surface area contributed by atoms with Crippen LogP contribution in [0.15, 0.2) is 6.07 Å². The highest BCUT2D eigenvalue weighted by atomic mass is 15.3. The maximum Gasteiger partial charge on any atom is 0.146 e. The molecule has 0 aromatic carbocycles. The van der Waals surface area contributed by atoms with E-state index < -0.39 is 0 Å². The van der Waals surface area contributed by atoms with Crippen LogP contribution in [0.4, 0.5) is 5.82 Å². The Morgan fingerprint density at radius 3 is 2.38 bits per heavy atom. The van der Waals surface area contributed by atoms with Crippen molar-refractivity contribution < 1.29 is 0 Å². The average Bonchev–Trinajstić information content (AvgIpc) is 2.64. The molecule has 0 spiro atoms. The monoisotopic (exact) mass is 325 g/mol. The molecule has 4 aliphatic rings. The van der Waals surface area contributed by atoms with Crippen molar-refractivity contribution in [3.63, 3.8) is 0 Å². The molecule has 1 aromatic rings. The third-order valence-electron chi connectivity index (χ3n) is 6.27. The lowest BCUT2D eigenvalue weighted by molar-refractivity contribution is 0.00306. The number of aromatic nitrogens is 1. The standard InChI is InChI=1S/C19H27N5/c1-14-11-17(12-20)19(21-15(14)2)24-9-7-23(8-10-24)18-13-22-5-3-16(18)4-6-22/h11,16,18H,3-10,13H2,1-2H3. The van der Waals surface area contributed by atoms with E-state index in [1.807, 2.05) is 19.9 Å². The van der Waals surface area contributed by atoms with Gasteiger partial charge in [-0.05, 0) is 57.3 Å². The molecule has 0 N–H and O–H groups in total. The third kappa shape index (κ3) is 2.78. The van der Waals surface area contributed by atoms with Crippen LogP contribution in [0.1, 0.15) is 29.7 Å². The smallest absolute Gasteiger partial charge is 0.146 e. The number of rotatable bonds is 2. The largest absolute Gasteiger partial charge is 0.353 e. The van der Waals surface area contributed by atoms with Crippen LogP contribution in [0.5, 0.6) is 0 Å². The number of nitriles is 1. The number of anilines is 1. The molecule has 5 nitrogen and oxygen atoms in total. The fourth-order valence-corrected chi connectivity index (χ4v) is 4.63. The third-order valence-corrected chi connectivity index (χ3v) is 6.27. The zero-order valence-electron chi connectivity index (χ0n) is 14.8. The van der Waals surface area contributed by atoms with Crippen molar-refractivity contribution in [3.05, 3.63) is 22.9 Å². The average molecular weight is 325 g/mol. The second kappa shape index (κ2) is 6.34. The zero-order valence-corrected chi connectivity index (χ0v) is 14.8. The van der Waals surface area contributed by atoms with Gasteiger partial charge in [-0.15, -0.1) is 0 Å². The highest BCUT2D eigenvalue weighted by molar-refractivity contribution is 5.56. The summed E-state index contributed by atoms with van der Waals surface area (Å²) in [5.41, 5.74) is 2.85. The van der Waals surface area contributed by atoms with E-state index in [4.69, 9.17) is 4.98 Å². The molecule has 4 saturated heterocycles. The van der Waals surface area contributed by atoms with Crippen molar-refractivity contribution in [1.82, 2.24) is 14.8 Å². The molecule has 1 atom stereocenters. The molecule has 0 aliphatic carbocycles. The lowest BCUT2D eigenvalue weighted by atomic mass is 9.83. The highest BCUT2D eigenvalue weighted by Crippen LogP contribution is 2.32. The molecule has 0 saturated carbocycles. The molecule has 24 heavy (non-hydrogen) atoms. The Morgan fingerprint density at radius 2 is 1.79 bits per heavy atom. The van der Waals surface area contributed by atoms with E-state index in [0.29, 0.717) is 0 Å². The molecular formula is C19H27N5. The van der Waals surface area contributed by atoms with Crippen LogP contribution in [0, 0.1) is 31.1 Å². The van der Waals surface area contributed by atoms with Gasteiger partial charge in [0.05, 0.1) is 5.56 Å².